The molecule has 0 atom stereocenters. The fourth-order valence-electron chi connectivity index (χ4n) is 1.91. The number of carbonyl (C=O) groups excluding carboxylic acids is 1. The van der Waals surface area contributed by atoms with Gasteiger partial charge in [-0.2, -0.15) is 5.10 Å². The van der Waals surface area contributed by atoms with Gasteiger partial charge in [-0.25, -0.2) is 9.97 Å². The first kappa shape index (κ1) is 14.5. The van der Waals surface area contributed by atoms with Crippen LogP contribution in [-0.4, -0.2) is 25.7 Å². The maximum absolute atomic E-state index is 12.0. The van der Waals surface area contributed by atoms with E-state index in [0.29, 0.717) is 16.7 Å². The summed E-state index contributed by atoms with van der Waals surface area (Å²) >= 11 is 6.04. The highest BCUT2D eigenvalue weighted by atomic mass is 35.5. The Balaban J connectivity index is 2.11. The number of nitrogens with one attached hydrogen (secondary N) is 1. The maximum Gasteiger partial charge on any atom is 0.248 e. The first-order valence-corrected chi connectivity index (χ1v) is 6.56. The SMILES string of the molecule is Cc1cc(C)nc(NC(=O)Cn2nc(C)c(Cl)c2C)n1. The van der Waals surface area contributed by atoms with E-state index in [9.17, 15) is 4.79 Å². The summed E-state index contributed by atoms with van der Waals surface area (Å²) in [7, 11) is 0. The van der Waals surface area contributed by atoms with E-state index in [-0.39, 0.29) is 12.5 Å². The zero-order chi connectivity index (χ0) is 14.9. The molecule has 106 valence electrons. The second-order valence-electron chi connectivity index (χ2n) is 4.66. The number of aryl methyl sites for hydroxylation is 3. The van der Waals surface area contributed by atoms with Crippen molar-refractivity contribution in [3.8, 4) is 0 Å². The standard InChI is InChI=1S/C13H16ClN5O/c1-7-5-8(2)16-13(15-7)17-11(20)6-19-10(4)12(14)9(3)18-19/h5H,6H2,1-4H3,(H,15,16,17,20). The van der Waals surface area contributed by atoms with E-state index >= 15 is 0 Å². The number of aromatic nitrogens is 4. The highest BCUT2D eigenvalue weighted by Crippen LogP contribution is 2.18. The molecule has 1 N–H and O–H groups in total. The van der Waals surface area contributed by atoms with E-state index in [0.717, 1.165) is 17.1 Å². The first-order valence-electron chi connectivity index (χ1n) is 6.18. The Labute approximate surface area is 122 Å². The molecule has 2 aromatic rings. The molecule has 6 nitrogen and oxygen atoms in total. The molecule has 0 saturated heterocycles. The summed E-state index contributed by atoms with van der Waals surface area (Å²) in [5, 5.41) is 7.46. The van der Waals surface area contributed by atoms with Crippen molar-refractivity contribution in [2.24, 2.45) is 0 Å². The molecule has 7 heteroatoms. The predicted molar refractivity (Wildman–Crippen MR) is 76.8 cm³/mol. The molecule has 2 rings (SSSR count). The molecular weight excluding hydrogens is 278 g/mol. The van der Waals surface area contributed by atoms with Gasteiger partial charge in [0.15, 0.2) is 0 Å². The van der Waals surface area contributed by atoms with E-state index in [1.807, 2.05) is 26.8 Å². The van der Waals surface area contributed by atoms with Gasteiger partial charge in [-0.3, -0.25) is 14.8 Å². The minimum atomic E-state index is -0.239. The number of rotatable bonds is 3. The molecule has 0 bridgehead atoms. The second kappa shape index (κ2) is 5.58. The monoisotopic (exact) mass is 293 g/mol. The fourth-order valence-corrected chi connectivity index (χ4v) is 2.05. The van der Waals surface area contributed by atoms with Crippen LogP contribution >= 0.6 is 11.6 Å². The van der Waals surface area contributed by atoms with Gasteiger partial charge in [0.25, 0.3) is 0 Å². The van der Waals surface area contributed by atoms with Crippen molar-refractivity contribution in [3.05, 3.63) is 33.9 Å². The Morgan fingerprint density at radius 1 is 1.25 bits per heavy atom. The summed E-state index contributed by atoms with van der Waals surface area (Å²) in [5.74, 6) is 0.0670. The van der Waals surface area contributed by atoms with Gasteiger partial charge in [0.1, 0.15) is 6.54 Å². The van der Waals surface area contributed by atoms with Crippen LogP contribution in [0, 0.1) is 27.7 Å². The number of nitrogens with zero attached hydrogens (tertiary/aromatic N) is 4. The Hall–Kier alpha value is -1.95. The molecule has 2 aromatic heterocycles. The van der Waals surface area contributed by atoms with Crippen molar-refractivity contribution in [1.29, 1.82) is 0 Å². The van der Waals surface area contributed by atoms with Gasteiger partial charge in [0.05, 0.1) is 16.4 Å². The number of hydrogen-bond donors (Lipinski definition) is 1. The molecule has 0 aliphatic carbocycles. The van der Waals surface area contributed by atoms with Crippen molar-refractivity contribution in [2.75, 3.05) is 5.32 Å². The van der Waals surface area contributed by atoms with E-state index in [1.165, 1.54) is 0 Å². The summed E-state index contributed by atoms with van der Waals surface area (Å²) in [5.41, 5.74) is 3.09. The molecule has 2 heterocycles. The van der Waals surface area contributed by atoms with E-state index in [2.05, 4.69) is 20.4 Å². The lowest BCUT2D eigenvalue weighted by atomic mass is 10.3. The number of hydrogen-bond acceptors (Lipinski definition) is 4. The highest BCUT2D eigenvalue weighted by Gasteiger charge is 2.13. The summed E-state index contributed by atoms with van der Waals surface area (Å²) in [6.07, 6.45) is 0. The lowest BCUT2D eigenvalue weighted by Gasteiger charge is -2.06. The van der Waals surface area contributed by atoms with Crippen molar-refractivity contribution < 1.29 is 4.79 Å². The summed E-state index contributed by atoms with van der Waals surface area (Å²) in [6.45, 7) is 7.41. The quantitative estimate of drug-likeness (QED) is 0.941. The van der Waals surface area contributed by atoms with E-state index in [1.54, 1.807) is 11.6 Å². The smallest absolute Gasteiger partial charge is 0.248 e. The van der Waals surface area contributed by atoms with Gasteiger partial charge in [-0.1, -0.05) is 11.6 Å². The van der Waals surface area contributed by atoms with Crippen molar-refractivity contribution in [2.45, 2.75) is 34.2 Å². The fraction of sp³-hybridized carbons (Fsp3) is 0.385. The van der Waals surface area contributed by atoms with Gasteiger partial charge in [0.2, 0.25) is 11.9 Å². The van der Waals surface area contributed by atoms with Crippen LogP contribution in [0.1, 0.15) is 22.8 Å². The Morgan fingerprint density at radius 2 is 1.85 bits per heavy atom. The number of amides is 1. The second-order valence-corrected chi connectivity index (χ2v) is 5.04. The molecule has 0 aromatic carbocycles. The molecule has 0 radical (unpaired) electrons. The molecule has 0 spiro atoms. The number of anilines is 1. The molecule has 1 amide bonds. The van der Waals surface area contributed by atoms with Crippen LogP contribution in [0.5, 0.6) is 0 Å². The van der Waals surface area contributed by atoms with E-state index in [4.69, 9.17) is 11.6 Å². The molecule has 0 saturated carbocycles. The topological polar surface area (TPSA) is 72.7 Å². The third-order valence-corrected chi connectivity index (χ3v) is 3.37. The minimum absolute atomic E-state index is 0.0791. The number of halogens is 1. The van der Waals surface area contributed by atoms with Crippen LogP contribution in [-0.2, 0) is 11.3 Å². The van der Waals surface area contributed by atoms with Gasteiger partial charge in [-0.05, 0) is 33.8 Å². The average molecular weight is 294 g/mol. The third kappa shape index (κ3) is 3.14. The normalized spacial score (nSPS) is 10.7. The van der Waals surface area contributed by atoms with E-state index < -0.39 is 0 Å². The number of carbonyl (C=O) groups is 1. The van der Waals surface area contributed by atoms with Crippen LogP contribution < -0.4 is 5.32 Å². The molecule has 0 aliphatic heterocycles. The minimum Gasteiger partial charge on any atom is -0.293 e. The van der Waals surface area contributed by atoms with Crippen molar-refractivity contribution in [1.82, 2.24) is 19.7 Å². The average Bonchev–Trinajstić information content (AvgIpc) is 2.55. The Bertz CT molecular complexity index is 645. The zero-order valence-corrected chi connectivity index (χ0v) is 12.6. The van der Waals surface area contributed by atoms with Crippen molar-refractivity contribution >= 4 is 23.5 Å². The first-order chi connectivity index (χ1) is 9.36. The lowest BCUT2D eigenvalue weighted by molar-refractivity contribution is -0.117. The van der Waals surface area contributed by atoms with Gasteiger partial charge in [0, 0.05) is 11.4 Å². The lowest BCUT2D eigenvalue weighted by Crippen LogP contribution is -2.21. The maximum atomic E-state index is 12.0. The summed E-state index contributed by atoms with van der Waals surface area (Å²) < 4.78 is 1.57. The van der Waals surface area contributed by atoms with Gasteiger partial charge in [-0.15, -0.1) is 0 Å². The van der Waals surface area contributed by atoms with Crippen LogP contribution in [0.25, 0.3) is 0 Å². The van der Waals surface area contributed by atoms with Crippen molar-refractivity contribution in [3.63, 3.8) is 0 Å². The van der Waals surface area contributed by atoms with Gasteiger partial charge >= 0.3 is 0 Å². The molecule has 0 fully saturated rings. The van der Waals surface area contributed by atoms with Crippen LogP contribution in [0.3, 0.4) is 0 Å². The van der Waals surface area contributed by atoms with Gasteiger partial charge < -0.3 is 0 Å². The molecule has 0 aliphatic rings. The summed E-state index contributed by atoms with van der Waals surface area (Å²) in [6, 6.07) is 1.84. The Kier molecular flexibility index (Phi) is 4.04. The zero-order valence-electron chi connectivity index (χ0n) is 11.9. The van der Waals surface area contributed by atoms with Crippen LogP contribution in [0.2, 0.25) is 5.02 Å². The summed E-state index contributed by atoms with van der Waals surface area (Å²) in [4.78, 5) is 20.3. The highest BCUT2D eigenvalue weighted by molar-refractivity contribution is 6.31. The molecule has 20 heavy (non-hydrogen) atoms. The Morgan fingerprint density at radius 3 is 2.35 bits per heavy atom. The molecule has 0 unspecified atom stereocenters. The predicted octanol–water partition coefficient (Wildman–Crippen LogP) is 2.20. The van der Waals surface area contributed by atoms with Crippen LogP contribution in [0.4, 0.5) is 5.95 Å². The largest absolute Gasteiger partial charge is 0.293 e. The van der Waals surface area contributed by atoms with Crippen LogP contribution in [0.15, 0.2) is 6.07 Å². The third-order valence-electron chi connectivity index (χ3n) is 2.82. The molecular formula is C13H16ClN5O.